The van der Waals surface area contributed by atoms with Crippen molar-refractivity contribution in [1.82, 2.24) is 0 Å². The molecule has 0 saturated heterocycles. The number of hydrogen-bond donors (Lipinski definition) is 1. The normalized spacial score (nSPS) is 16.0. The molecule has 1 N–H and O–H groups in total. The van der Waals surface area contributed by atoms with Gasteiger partial charge in [-0.15, -0.1) is 0 Å². The second kappa shape index (κ2) is 6.92. The van der Waals surface area contributed by atoms with Crippen molar-refractivity contribution in [1.29, 1.82) is 0 Å². The van der Waals surface area contributed by atoms with Crippen LogP contribution in [-0.4, -0.2) is 12.5 Å². The molecule has 4 heteroatoms. The predicted molar refractivity (Wildman–Crippen MR) is 104 cm³/mol. The van der Waals surface area contributed by atoms with Crippen molar-refractivity contribution >= 4 is 17.3 Å². The summed E-state index contributed by atoms with van der Waals surface area (Å²) in [5.41, 5.74) is 3.39. The number of nitrogens with one attached hydrogen (secondary N) is 1. The average Bonchev–Trinajstić information content (AvgIpc) is 2.69. The number of amides is 1. The van der Waals surface area contributed by atoms with Crippen LogP contribution in [0.4, 0.5) is 11.4 Å². The summed E-state index contributed by atoms with van der Waals surface area (Å²) in [5.74, 6) is 0.814. The molecule has 0 radical (unpaired) electrons. The lowest BCUT2D eigenvalue weighted by Crippen LogP contribution is -2.43. The smallest absolute Gasteiger partial charge is 0.262 e. The molecule has 0 fully saturated rings. The number of ether oxygens (including phenoxy) is 1. The van der Waals surface area contributed by atoms with Crippen LogP contribution in [0.5, 0.6) is 5.75 Å². The molecule has 0 aromatic heterocycles. The molecule has 0 saturated carbocycles. The molecule has 1 atom stereocenters. The molecule has 3 aromatic carbocycles. The average molecular weight is 344 g/mol. The van der Waals surface area contributed by atoms with E-state index < -0.39 is 0 Å². The third-order valence-corrected chi connectivity index (χ3v) is 4.47. The number of hydrogen-bond acceptors (Lipinski definition) is 3. The minimum Gasteiger partial charge on any atom is -0.494 e. The quantitative estimate of drug-likeness (QED) is 0.735. The van der Waals surface area contributed by atoms with E-state index in [0.717, 1.165) is 22.7 Å². The Bertz CT molecular complexity index is 907. The fraction of sp³-hybridized carbons (Fsp3) is 0.136. The molecule has 1 aliphatic heterocycles. The first-order valence-electron chi connectivity index (χ1n) is 8.75. The van der Waals surface area contributed by atoms with Crippen molar-refractivity contribution in [2.75, 3.05) is 16.8 Å². The molecular formula is C22H20N2O2. The predicted octanol–water partition coefficient (Wildman–Crippen LogP) is 4.86. The Kier molecular flexibility index (Phi) is 4.32. The van der Waals surface area contributed by atoms with Gasteiger partial charge in [0.15, 0.2) is 0 Å². The summed E-state index contributed by atoms with van der Waals surface area (Å²) in [6.45, 7) is 2.59. The van der Waals surface area contributed by atoms with E-state index in [-0.39, 0.29) is 12.1 Å². The Labute approximate surface area is 153 Å². The van der Waals surface area contributed by atoms with E-state index in [2.05, 4.69) is 5.32 Å². The highest BCUT2D eigenvalue weighted by Crippen LogP contribution is 2.36. The number of anilines is 2. The Balaban J connectivity index is 1.78. The topological polar surface area (TPSA) is 41.6 Å². The lowest BCUT2D eigenvalue weighted by atomic mass is 10.0. The summed E-state index contributed by atoms with van der Waals surface area (Å²) in [6, 6.07) is 25.2. The summed E-state index contributed by atoms with van der Waals surface area (Å²) in [4.78, 5) is 15.0. The summed E-state index contributed by atoms with van der Waals surface area (Å²) in [6.07, 6.45) is -0.282. The van der Waals surface area contributed by atoms with Gasteiger partial charge in [-0.25, -0.2) is 0 Å². The van der Waals surface area contributed by atoms with Crippen molar-refractivity contribution < 1.29 is 9.53 Å². The van der Waals surface area contributed by atoms with Gasteiger partial charge in [-0.1, -0.05) is 42.5 Å². The molecule has 4 nitrogen and oxygen atoms in total. The highest BCUT2D eigenvalue weighted by molar-refractivity contribution is 6.12. The fourth-order valence-electron chi connectivity index (χ4n) is 3.25. The van der Waals surface area contributed by atoms with E-state index in [1.165, 1.54) is 0 Å². The zero-order valence-electron chi connectivity index (χ0n) is 14.6. The summed E-state index contributed by atoms with van der Waals surface area (Å²) in [5, 5.41) is 3.51. The Hall–Kier alpha value is -3.27. The first-order chi connectivity index (χ1) is 12.8. The number of fused-ring (bicyclic) bond motifs is 1. The van der Waals surface area contributed by atoms with Gasteiger partial charge >= 0.3 is 0 Å². The standard InChI is InChI=1S/C22H20N2O2/c1-2-26-18-14-12-16(13-15-18)21-23-20-11-7-6-10-19(20)22(25)24(21)17-8-4-3-5-9-17/h3-15,21,23H,2H2,1H3. The van der Waals surface area contributed by atoms with Gasteiger partial charge in [0.05, 0.1) is 12.2 Å². The molecule has 4 rings (SSSR count). The number of rotatable bonds is 4. The monoisotopic (exact) mass is 344 g/mol. The van der Waals surface area contributed by atoms with Crippen molar-refractivity contribution in [3.63, 3.8) is 0 Å². The van der Waals surface area contributed by atoms with E-state index in [1.54, 1.807) is 4.90 Å². The number of carbonyl (C=O) groups excluding carboxylic acids is 1. The summed E-state index contributed by atoms with van der Waals surface area (Å²) in [7, 11) is 0. The van der Waals surface area contributed by atoms with Gasteiger partial charge in [0, 0.05) is 11.4 Å². The third-order valence-electron chi connectivity index (χ3n) is 4.47. The van der Waals surface area contributed by atoms with Crippen LogP contribution in [0.25, 0.3) is 0 Å². The van der Waals surface area contributed by atoms with E-state index in [4.69, 9.17) is 4.74 Å². The highest BCUT2D eigenvalue weighted by atomic mass is 16.5. The zero-order chi connectivity index (χ0) is 17.9. The molecule has 1 aliphatic rings. The molecule has 0 aliphatic carbocycles. The maximum absolute atomic E-state index is 13.2. The van der Waals surface area contributed by atoms with E-state index in [9.17, 15) is 4.79 Å². The van der Waals surface area contributed by atoms with Gasteiger partial charge in [-0.3, -0.25) is 9.69 Å². The van der Waals surface area contributed by atoms with E-state index in [0.29, 0.717) is 12.2 Å². The van der Waals surface area contributed by atoms with Crippen molar-refractivity contribution in [3.05, 3.63) is 90.0 Å². The Morgan fingerprint density at radius 2 is 1.62 bits per heavy atom. The first-order valence-corrected chi connectivity index (χ1v) is 8.75. The maximum atomic E-state index is 13.2. The van der Waals surface area contributed by atoms with Crippen LogP contribution in [0, 0.1) is 0 Å². The summed E-state index contributed by atoms with van der Waals surface area (Å²) < 4.78 is 5.54. The minimum atomic E-state index is -0.282. The number of nitrogens with zero attached hydrogens (tertiary/aromatic N) is 1. The molecule has 0 bridgehead atoms. The van der Waals surface area contributed by atoms with Crippen LogP contribution in [0.1, 0.15) is 29.0 Å². The van der Waals surface area contributed by atoms with Crippen LogP contribution < -0.4 is 15.0 Å². The third kappa shape index (κ3) is 2.90. The molecule has 1 amide bonds. The number of para-hydroxylation sites is 2. The lowest BCUT2D eigenvalue weighted by molar-refractivity contribution is 0.0975. The van der Waals surface area contributed by atoms with Gasteiger partial charge in [0.1, 0.15) is 11.9 Å². The largest absolute Gasteiger partial charge is 0.494 e. The van der Waals surface area contributed by atoms with Gasteiger partial charge in [0.2, 0.25) is 0 Å². The van der Waals surface area contributed by atoms with E-state index >= 15 is 0 Å². The van der Waals surface area contributed by atoms with Crippen LogP contribution in [0.2, 0.25) is 0 Å². The van der Waals surface area contributed by atoms with E-state index in [1.807, 2.05) is 85.8 Å². The van der Waals surface area contributed by atoms with Crippen molar-refractivity contribution in [2.24, 2.45) is 0 Å². The maximum Gasteiger partial charge on any atom is 0.262 e. The van der Waals surface area contributed by atoms with Crippen LogP contribution in [-0.2, 0) is 0 Å². The van der Waals surface area contributed by atoms with Gasteiger partial charge in [0.25, 0.3) is 5.91 Å². The Morgan fingerprint density at radius 1 is 0.923 bits per heavy atom. The highest BCUT2D eigenvalue weighted by Gasteiger charge is 2.33. The SMILES string of the molecule is CCOc1ccc(C2Nc3ccccc3C(=O)N2c2ccccc2)cc1. The first kappa shape index (κ1) is 16.2. The number of carbonyl (C=O) groups is 1. The summed E-state index contributed by atoms with van der Waals surface area (Å²) >= 11 is 0. The minimum absolute atomic E-state index is 0.00978. The number of benzene rings is 3. The van der Waals surface area contributed by atoms with Gasteiger partial charge in [-0.05, 0) is 48.9 Å². The van der Waals surface area contributed by atoms with Crippen LogP contribution in [0.3, 0.4) is 0 Å². The molecule has 0 spiro atoms. The molecule has 1 heterocycles. The molecular weight excluding hydrogens is 324 g/mol. The van der Waals surface area contributed by atoms with Crippen LogP contribution >= 0.6 is 0 Å². The fourth-order valence-corrected chi connectivity index (χ4v) is 3.25. The molecule has 1 unspecified atom stereocenters. The zero-order valence-corrected chi connectivity index (χ0v) is 14.6. The van der Waals surface area contributed by atoms with Gasteiger partial charge < -0.3 is 10.1 Å². The molecule has 26 heavy (non-hydrogen) atoms. The molecule has 130 valence electrons. The van der Waals surface area contributed by atoms with Crippen LogP contribution in [0.15, 0.2) is 78.9 Å². The second-order valence-electron chi connectivity index (χ2n) is 6.11. The molecule has 3 aromatic rings. The van der Waals surface area contributed by atoms with Crippen molar-refractivity contribution in [3.8, 4) is 5.75 Å². The lowest BCUT2D eigenvalue weighted by Gasteiger charge is -2.38. The second-order valence-corrected chi connectivity index (χ2v) is 6.11. The van der Waals surface area contributed by atoms with Gasteiger partial charge in [-0.2, -0.15) is 0 Å². The Morgan fingerprint density at radius 3 is 2.35 bits per heavy atom. The van der Waals surface area contributed by atoms with Crippen molar-refractivity contribution in [2.45, 2.75) is 13.1 Å².